The fourth-order valence-electron chi connectivity index (χ4n) is 2.11. The molecular formula is C17H18F2O2. The lowest BCUT2D eigenvalue weighted by atomic mass is 9.99. The number of halogens is 2. The number of hydrogen-bond donors (Lipinski definition) is 1. The van der Waals surface area contributed by atoms with Crippen molar-refractivity contribution in [3.8, 4) is 5.75 Å². The Morgan fingerprint density at radius 3 is 2.29 bits per heavy atom. The predicted molar refractivity (Wildman–Crippen MR) is 77.7 cm³/mol. The Morgan fingerprint density at radius 2 is 1.62 bits per heavy atom. The van der Waals surface area contributed by atoms with Crippen LogP contribution in [0.2, 0.25) is 0 Å². The molecule has 2 aromatic rings. The van der Waals surface area contributed by atoms with Crippen molar-refractivity contribution in [2.45, 2.75) is 32.5 Å². The molecule has 0 bridgehead atoms. The Kier molecular flexibility index (Phi) is 4.91. The summed E-state index contributed by atoms with van der Waals surface area (Å²) in [6.07, 6.45) is -3.59. The van der Waals surface area contributed by atoms with Gasteiger partial charge in [-0.05, 0) is 31.5 Å². The molecule has 0 aliphatic rings. The van der Waals surface area contributed by atoms with Crippen LogP contribution in [0.5, 0.6) is 5.75 Å². The molecule has 2 nitrogen and oxygen atoms in total. The first-order valence-electron chi connectivity index (χ1n) is 6.80. The Hall–Kier alpha value is -1.94. The van der Waals surface area contributed by atoms with Crippen LogP contribution in [0.4, 0.5) is 8.78 Å². The van der Waals surface area contributed by atoms with Gasteiger partial charge in [-0.15, -0.1) is 0 Å². The van der Waals surface area contributed by atoms with Gasteiger partial charge >= 0.3 is 0 Å². The van der Waals surface area contributed by atoms with Gasteiger partial charge in [0.2, 0.25) is 0 Å². The summed E-state index contributed by atoms with van der Waals surface area (Å²) in [5.41, 5.74) is 0.888. The van der Waals surface area contributed by atoms with Gasteiger partial charge in [0, 0.05) is 11.1 Å². The Morgan fingerprint density at radius 1 is 0.952 bits per heavy atom. The lowest BCUT2D eigenvalue weighted by Gasteiger charge is -2.18. The zero-order valence-corrected chi connectivity index (χ0v) is 12.0. The number of alkyl halides is 2. The van der Waals surface area contributed by atoms with Crippen LogP contribution in [0.25, 0.3) is 0 Å². The standard InChI is InChI=1S/C17H18F2O2/c1-11(2)21-15-9-4-3-8-14(15)16(20)12-6-5-7-13(10-12)17(18)19/h3-11,16-17,20H,1-2H3. The average Bonchev–Trinajstić information content (AvgIpc) is 2.46. The van der Waals surface area contributed by atoms with Gasteiger partial charge < -0.3 is 9.84 Å². The molecular weight excluding hydrogens is 274 g/mol. The minimum absolute atomic E-state index is 0.0363. The zero-order valence-electron chi connectivity index (χ0n) is 12.0. The van der Waals surface area contributed by atoms with E-state index in [9.17, 15) is 13.9 Å². The molecule has 0 spiro atoms. The quantitative estimate of drug-likeness (QED) is 0.879. The second-order valence-corrected chi connectivity index (χ2v) is 5.08. The van der Waals surface area contributed by atoms with Crippen molar-refractivity contribution in [2.75, 3.05) is 0 Å². The summed E-state index contributed by atoms with van der Waals surface area (Å²) in [6, 6.07) is 12.9. The van der Waals surface area contributed by atoms with E-state index < -0.39 is 12.5 Å². The predicted octanol–water partition coefficient (Wildman–Crippen LogP) is 4.49. The van der Waals surface area contributed by atoms with E-state index in [1.54, 1.807) is 24.3 Å². The first-order valence-corrected chi connectivity index (χ1v) is 6.80. The molecule has 0 aliphatic carbocycles. The van der Waals surface area contributed by atoms with Crippen molar-refractivity contribution in [3.63, 3.8) is 0 Å². The number of rotatable bonds is 5. The fraction of sp³-hybridized carbons (Fsp3) is 0.294. The normalized spacial score (nSPS) is 12.7. The monoisotopic (exact) mass is 292 g/mol. The largest absolute Gasteiger partial charge is 0.491 e. The highest BCUT2D eigenvalue weighted by atomic mass is 19.3. The molecule has 1 unspecified atom stereocenters. The summed E-state index contributed by atoms with van der Waals surface area (Å²) in [5, 5.41) is 10.5. The summed E-state index contributed by atoms with van der Waals surface area (Å²) in [7, 11) is 0. The van der Waals surface area contributed by atoms with E-state index in [1.807, 2.05) is 19.9 Å². The Balaban J connectivity index is 2.35. The molecule has 0 saturated heterocycles. The maximum Gasteiger partial charge on any atom is 0.263 e. The van der Waals surface area contributed by atoms with E-state index in [4.69, 9.17) is 4.74 Å². The number of aliphatic hydroxyl groups is 1. The minimum Gasteiger partial charge on any atom is -0.491 e. The highest BCUT2D eigenvalue weighted by Crippen LogP contribution is 2.32. The number of benzene rings is 2. The molecule has 1 atom stereocenters. The topological polar surface area (TPSA) is 29.5 Å². The highest BCUT2D eigenvalue weighted by molar-refractivity contribution is 5.41. The van der Waals surface area contributed by atoms with Crippen molar-refractivity contribution in [1.82, 2.24) is 0 Å². The van der Waals surface area contributed by atoms with Crippen molar-refractivity contribution < 1.29 is 18.6 Å². The van der Waals surface area contributed by atoms with Crippen molar-refractivity contribution >= 4 is 0 Å². The van der Waals surface area contributed by atoms with Crippen molar-refractivity contribution in [3.05, 3.63) is 65.2 Å². The summed E-state index contributed by atoms with van der Waals surface area (Å²) < 4.78 is 31.2. The molecule has 2 rings (SSSR count). The summed E-state index contributed by atoms with van der Waals surface area (Å²) in [5.74, 6) is 0.558. The van der Waals surface area contributed by atoms with E-state index in [0.29, 0.717) is 16.9 Å². The van der Waals surface area contributed by atoms with Crippen LogP contribution >= 0.6 is 0 Å². The Bertz CT molecular complexity index is 597. The van der Waals surface area contributed by atoms with Gasteiger partial charge in [0.05, 0.1) is 6.10 Å². The zero-order chi connectivity index (χ0) is 15.4. The maximum absolute atomic E-state index is 12.8. The lowest BCUT2D eigenvalue weighted by molar-refractivity contribution is 0.150. The molecule has 0 saturated carbocycles. The van der Waals surface area contributed by atoms with E-state index in [1.165, 1.54) is 18.2 Å². The van der Waals surface area contributed by atoms with Crippen LogP contribution in [0.3, 0.4) is 0 Å². The van der Waals surface area contributed by atoms with Crippen molar-refractivity contribution in [2.24, 2.45) is 0 Å². The average molecular weight is 292 g/mol. The molecule has 0 radical (unpaired) electrons. The SMILES string of the molecule is CC(C)Oc1ccccc1C(O)c1cccc(C(F)F)c1. The third-order valence-corrected chi connectivity index (χ3v) is 3.05. The molecule has 0 fully saturated rings. The fourth-order valence-corrected chi connectivity index (χ4v) is 2.11. The van der Waals surface area contributed by atoms with Gasteiger partial charge in [-0.1, -0.05) is 36.4 Å². The minimum atomic E-state index is -2.56. The van der Waals surface area contributed by atoms with Crippen LogP contribution in [0.1, 0.15) is 43.1 Å². The van der Waals surface area contributed by atoms with Gasteiger partial charge in [-0.3, -0.25) is 0 Å². The summed E-state index contributed by atoms with van der Waals surface area (Å²) in [6.45, 7) is 3.78. The van der Waals surface area contributed by atoms with Gasteiger partial charge in [0.1, 0.15) is 11.9 Å². The number of hydrogen-bond acceptors (Lipinski definition) is 2. The molecule has 0 amide bonds. The first kappa shape index (κ1) is 15.4. The third kappa shape index (κ3) is 3.79. The van der Waals surface area contributed by atoms with Crippen LogP contribution < -0.4 is 4.74 Å². The van der Waals surface area contributed by atoms with Crippen LogP contribution in [0.15, 0.2) is 48.5 Å². The highest BCUT2D eigenvalue weighted by Gasteiger charge is 2.17. The van der Waals surface area contributed by atoms with E-state index in [2.05, 4.69) is 0 Å². The number of aliphatic hydroxyl groups excluding tert-OH is 1. The first-order chi connectivity index (χ1) is 9.99. The lowest BCUT2D eigenvalue weighted by Crippen LogP contribution is -2.10. The van der Waals surface area contributed by atoms with Crippen LogP contribution in [-0.2, 0) is 0 Å². The van der Waals surface area contributed by atoms with E-state index >= 15 is 0 Å². The second-order valence-electron chi connectivity index (χ2n) is 5.08. The van der Waals surface area contributed by atoms with Gasteiger partial charge in [-0.2, -0.15) is 0 Å². The van der Waals surface area contributed by atoms with Gasteiger partial charge in [-0.25, -0.2) is 8.78 Å². The molecule has 0 heterocycles. The van der Waals surface area contributed by atoms with Crippen molar-refractivity contribution in [1.29, 1.82) is 0 Å². The van der Waals surface area contributed by atoms with Gasteiger partial charge in [0.25, 0.3) is 6.43 Å². The molecule has 4 heteroatoms. The summed E-state index contributed by atoms with van der Waals surface area (Å²) >= 11 is 0. The van der Waals surface area contributed by atoms with E-state index in [0.717, 1.165) is 0 Å². The van der Waals surface area contributed by atoms with E-state index in [-0.39, 0.29) is 11.7 Å². The second kappa shape index (κ2) is 6.68. The molecule has 21 heavy (non-hydrogen) atoms. The third-order valence-electron chi connectivity index (χ3n) is 3.05. The molecule has 1 N–H and O–H groups in total. The summed E-state index contributed by atoms with van der Waals surface area (Å²) in [4.78, 5) is 0. The smallest absolute Gasteiger partial charge is 0.263 e. The molecule has 0 aliphatic heterocycles. The molecule has 2 aromatic carbocycles. The molecule has 0 aromatic heterocycles. The molecule has 112 valence electrons. The van der Waals surface area contributed by atoms with Gasteiger partial charge in [0.15, 0.2) is 0 Å². The van der Waals surface area contributed by atoms with Crippen LogP contribution in [0, 0.1) is 0 Å². The van der Waals surface area contributed by atoms with Crippen LogP contribution in [-0.4, -0.2) is 11.2 Å². The Labute approximate surface area is 123 Å². The maximum atomic E-state index is 12.8. The number of para-hydroxylation sites is 1. The number of ether oxygens (including phenoxy) is 1.